The van der Waals surface area contributed by atoms with Gasteiger partial charge >= 0.3 is 0 Å². The van der Waals surface area contributed by atoms with Gasteiger partial charge in [-0.2, -0.15) is 0 Å². The molecule has 2 N–H and O–H groups in total. The van der Waals surface area contributed by atoms with Crippen LogP contribution in [0.1, 0.15) is 51.6 Å². The van der Waals surface area contributed by atoms with Crippen molar-refractivity contribution < 1.29 is 4.79 Å². The Morgan fingerprint density at radius 1 is 1.36 bits per heavy atom. The first kappa shape index (κ1) is 16.7. The number of amides is 1. The molecule has 1 aromatic rings. The number of nitrogens with one attached hydrogen (secondary N) is 2. The van der Waals surface area contributed by atoms with Crippen LogP contribution in [0.5, 0.6) is 0 Å². The molecule has 0 saturated heterocycles. The molecule has 0 spiro atoms. The van der Waals surface area contributed by atoms with Crippen molar-refractivity contribution in [2.45, 2.75) is 53.4 Å². The van der Waals surface area contributed by atoms with Crippen LogP contribution in [0.15, 0.2) is 6.07 Å². The van der Waals surface area contributed by atoms with Crippen LogP contribution in [-0.2, 0) is 11.2 Å². The molecule has 1 atom stereocenters. The van der Waals surface area contributed by atoms with Crippen molar-refractivity contribution in [3.05, 3.63) is 17.6 Å². The minimum Gasteiger partial charge on any atom is -0.368 e. The molecule has 0 radical (unpaired) electrons. The number of anilines is 1. The second kappa shape index (κ2) is 7.07. The number of hydrogen-bond acceptors (Lipinski definition) is 4. The maximum atomic E-state index is 11.9. The molecule has 1 aliphatic carbocycles. The van der Waals surface area contributed by atoms with Crippen LogP contribution in [-0.4, -0.2) is 29.0 Å². The van der Waals surface area contributed by atoms with Gasteiger partial charge in [-0.3, -0.25) is 4.79 Å². The molecule has 0 aromatic carbocycles. The summed E-state index contributed by atoms with van der Waals surface area (Å²) >= 11 is 0. The number of nitrogens with zero attached hydrogens (tertiary/aromatic N) is 2. The first-order valence-corrected chi connectivity index (χ1v) is 8.28. The van der Waals surface area contributed by atoms with Crippen LogP contribution >= 0.6 is 0 Å². The van der Waals surface area contributed by atoms with Gasteiger partial charge in [0.25, 0.3) is 0 Å². The largest absolute Gasteiger partial charge is 0.368 e. The third kappa shape index (κ3) is 4.68. The lowest BCUT2D eigenvalue weighted by Gasteiger charge is -2.10. The maximum Gasteiger partial charge on any atom is 0.223 e. The molecule has 1 aromatic heterocycles. The third-order valence-electron chi connectivity index (χ3n) is 4.21. The standard InChI is InChI=1S/C17H28N4O/c1-5-6-7-14-20-12(2)10-15(21-14)18-8-9-19-16(22)13-11-17(13,3)4/h10,13H,5-9,11H2,1-4H3,(H,19,22)(H,18,20,21)/t13-/m0/s1. The molecule has 1 amide bonds. The van der Waals surface area contributed by atoms with Gasteiger partial charge in [-0.1, -0.05) is 27.2 Å². The highest BCUT2D eigenvalue weighted by atomic mass is 16.2. The van der Waals surface area contributed by atoms with Gasteiger partial charge in [0.2, 0.25) is 5.91 Å². The van der Waals surface area contributed by atoms with Crippen LogP contribution in [0.3, 0.4) is 0 Å². The smallest absolute Gasteiger partial charge is 0.223 e. The van der Waals surface area contributed by atoms with E-state index in [-0.39, 0.29) is 17.2 Å². The first-order valence-electron chi connectivity index (χ1n) is 8.28. The fourth-order valence-corrected chi connectivity index (χ4v) is 2.58. The second-order valence-electron chi connectivity index (χ2n) is 6.88. The number of carbonyl (C=O) groups is 1. The number of hydrogen-bond donors (Lipinski definition) is 2. The fourth-order valence-electron chi connectivity index (χ4n) is 2.58. The Morgan fingerprint density at radius 2 is 2.09 bits per heavy atom. The van der Waals surface area contributed by atoms with Gasteiger partial charge in [0.05, 0.1) is 0 Å². The summed E-state index contributed by atoms with van der Waals surface area (Å²) in [7, 11) is 0. The van der Waals surface area contributed by atoms with Crippen LogP contribution in [0.2, 0.25) is 0 Å². The average molecular weight is 304 g/mol. The Balaban J connectivity index is 1.74. The van der Waals surface area contributed by atoms with E-state index in [1.165, 1.54) is 0 Å². The van der Waals surface area contributed by atoms with E-state index in [9.17, 15) is 4.79 Å². The van der Waals surface area contributed by atoms with Gasteiger partial charge in [0.1, 0.15) is 11.6 Å². The topological polar surface area (TPSA) is 66.9 Å². The van der Waals surface area contributed by atoms with E-state index in [4.69, 9.17) is 0 Å². The lowest BCUT2D eigenvalue weighted by Crippen LogP contribution is -2.31. The van der Waals surface area contributed by atoms with Gasteiger partial charge in [0.15, 0.2) is 0 Å². The highest BCUT2D eigenvalue weighted by Crippen LogP contribution is 2.51. The zero-order chi connectivity index (χ0) is 16.2. The Labute approximate surface area is 133 Å². The van der Waals surface area contributed by atoms with E-state index in [0.29, 0.717) is 13.1 Å². The molecule has 122 valence electrons. The van der Waals surface area contributed by atoms with Crippen molar-refractivity contribution in [2.75, 3.05) is 18.4 Å². The molecule has 1 saturated carbocycles. The van der Waals surface area contributed by atoms with Crippen molar-refractivity contribution in [1.29, 1.82) is 0 Å². The molecule has 0 unspecified atom stereocenters. The van der Waals surface area contributed by atoms with Gasteiger partial charge in [-0.05, 0) is 25.2 Å². The van der Waals surface area contributed by atoms with Crippen molar-refractivity contribution in [3.63, 3.8) is 0 Å². The lowest BCUT2D eigenvalue weighted by atomic mass is 10.1. The van der Waals surface area contributed by atoms with Crippen molar-refractivity contribution in [2.24, 2.45) is 11.3 Å². The van der Waals surface area contributed by atoms with E-state index in [1.54, 1.807) is 0 Å². The number of carbonyl (C=O) groups excluding carboxylic acids is 1. The minimum absolute atomic E-state index is 0.175. The van der Waals surface area contributed by atoms with Crippen LogP contribution < -0.4 is 10.6 Å². The summed E-state index contributed by atoms with van der Waals surface area (Å²) in [4.78, 5) is 20.9. The van der Waals surface area contributed by atoms with Crippen LogP contribution in [0.4, 0.5) is 5.82 Å². The third-order valence-corrected chi connectivity index (χ3v) is 4.21. The van der Waals surface area contributed by atoms with Crippen LogP contribution in [0.25, 0.3) is 0 Å². The summed E-state index contributed by atoms with van der Waals surface area (Å²) in [6.45, 7) is 9.73. The average Bonchev–Trinajstić information content (AvgIpc) is 3.09. The Kier molecular flexibility index (Phi) is 5.37. The molecule has 0 aliphatic heterocycles. The van der Waals surface area contributed by atoms with Gasteiger partial charge in [0, 0.05) is 37.2 Å². The Morgan fingerprint density at radius 3 is 2.73 bits per heavy atom. The van der Waals surface area contributed by atoms with E-state index in [0.717, 1.165) is 43.0 Å². The summed E-state index contributed by atoms with van der Waals surface area (Å²) < 4.78 is 0. The van der Waals surface area contributed by atoms with Crippen LogP contribution in [0, 0.1) is 18.3 Å². The fraction of sp³-hybridized carbons (Fsp3) is 0.706. The summed E-state index contributed by atoms with van der Waals surface area (Å²) in [6.07, 6.45) is 4.16. The summed E-state index contributed by atoms with van der Waals surface area (Å²) in [5.41, 5.74) is 1.17. The molecular weight excluding hydrogens is 276 g/mol. The Hall–Kier alpha value is -1.65. The predicted molar refractivity (Wildman–Crippen MR) is 88.8 cm³/mol. The lowest BCUT2D eigenvalue weighted by molar-refractivity contribution is -0.122. The maximum absolute atomic E-state index is 11.9. The Bertz CT molecular complexity index is 527. The highest BCUT2D eigenvalue weighted by molar-refractivity contribution is 5.82. The molecule has 22 heavy (non-hydrogen) atoms. The van der Waals surface area contributed by atoms with E-state index in [1.807, 2.05) is 13.0 Å². The normalized spacial score (nSPS) is 18.8. The minimum atomic E-state index is 0.175. The number of aryl methyl sites for hydroxylation is 2. The van der Waals surface area contributed by atoms with E-state index >= 15 is 0 Å². The van der Waals surface area contributed by atoms with Crippen molar-refractivity contribution in [1.82, 2.24) is 15.3 Å². The second-order valence-corrected chi connectivity index (χ2v) is 6.88. The summed E-state index contributed by atoms with van der Waals surface area (Å²) in [5, 5.41) is 6.26. The van der Waals surface area contributed by atoms with E-state index < -0.39 is 0 Å². The molecule has 1 fully saturated rings. The van der Waals surface area contributed by atoms with Gasteiger partial charge < -0.3 is 10.6 Å². The molecule has 1 heterocycles. The molecule has 5 heteroatoms. The van der Waals surface area contributed by atoms with E-state index in [2.05, 4.69) is 41.4 Å². The zero-order valence-corrected chi connectivity index (χ0v) is 14.2. The summed E-state index contributed by atoms with van der Waals surface area (Å²) in [5.74, 6) is 2.11. The van der Waals surface area contributed by atoms with Gasteiger partial charge in [-0.15, -0.1) is 0 Å². The van der Waals surface area contributed by atoms with Gasteiger partial charge in [-0.25, -0.2) is 9.97 Å². The first-order chi connectivity index (χ1) is 10.4. The monoisotopic (exact) mass is 304 g/mol. The number of unbranched alkanes of at least 4 members (excludes halogenated alkanes) is 1. The molecular formula is C17H28N4O. The predicted octanol–water partition coefficient (Wildman–Crippen LogP) is 2.70. The van der Waals surface area contributed by atoms with Crippen molar-refractivity contribution in [3.8, 4) is 0 Å². The highest BCUT2D eigenvalue weighted by Gasteiger charge is 2.50. The molecule has 0 bridgehead atoms. The summed E-state index contributed by atoms with van der Waals surface area (Å²) in [6, 6.07) is 1.95. The molecule has 1 aliphatic rings. The van der Waals surface area contributed by atoms with Crippen molar-refractivity contribution >= 4 is 11.7 Å². The quantitative estimate of drug-likeness (QED) is 0.725. The zero-order valence-electron chi connectivity index (χ0n) is 14.2. The molecule has 2 rings (SSSR count). The molecule has 5 nitrogen and oxygen atoms in total. The SMILES string of the molecule is CCCCc1nc(C)cc(NCCNC(=O)[C@@H]2CC2(C)C)n1. The number of rotatable bonds is 8. The number of aromatic nitrogens is 2.